The summed E-state index contributed by atoms with van der Waals surface area (Å²) in [7, 11) is 0. The molecule has 5 heterocycles. The molecule has 0 aromatic heterocycles. The lowest BCUT2D eigenvalue weighted by Crippen LogP contribution is -2.67. The molecule has 0 aromatic carbocycles. The van der Waals surface area contributed by atoms with Gasteiger partial charge in [0.25, 0.3) is 0 Å². The van der Waals surface area contributed by atoms with Crippen LogP contribution in [0.5, 0.6) is 0 Å². The van der Waals surface area contributed by atoms with E-state index in [9.17, 15) is 9.90 Å². The molecule has 1 amide bonds. The largest absolute Gasteiger partial charge is 0.380 e. The zero-order chi connectivity index (χ0) is 31.9. The van der Waals surface area contributed by atoms with Gasteiger partial charge in [0, 0.05) is 63.0 Å². The minimum absolute atomic E-state index is 0.0902. The number of fused-ring (bicyclic) bond motifs is 3. The molecule has 0 aromatic rings. The van der Waals surface area contributed by atoms with E-state index in [0.717, 1.165) is 45.4 Å². The predicted octanol–water partition coefficient (Wildman–Crippen LogP) is 1.49. The zero-order valence-corrected chi connectivity index (χ0v) is 27.8. The van der Waals surface area contributed by atoms with Crippen molar-refractivity contribution in [2.24, 2.45) is 45.7 Å². The lowest BCUT2D eigenvalue weighted by molar-refractivity contribution is -0.153. The number of aliphatic hydroxyl groups is 1. The second kappa shape index (κ2) is 13.9. The maximum absolute atomic E-state index is 15.1. The Hall–Kier alpha value is -1.47. The van der Waals surface area contributed by atoms with Crippen molar-refractivity contribution in [2.45, 2.75) is 109 Å². The average molecular weight is 632 g/mol. The number of allylic oxidation sites excluding steroid dienone is 1. The molecule has 254 valence electrons. The summed E-state index contributed by atoms with van der Waals surface area (Å²) in [6, 6.07) is -0.0798. The van der Waals surface area contributed by atoms with Crippen LogP contribution in [0.25, 0.3) is 0 Å². The van der Waals surface area contributed by atoms with Gasteiger partial charge in [0.15, 0.2) is 0 Å². The molecule has 12 unspecified atom stereocenters. The maximum atomic E-state index is 15.1. The molecule has 12 atom stereocenters. The molecule has 11 heteroatoms. The Morgan fingerprint density at radius 3 is 2.58 bits per heavy atom. The number of carbonyl (C=O) groups excluding carboxylic acids is 1. The number of piperazine rings is 1. The molecule has 45 heavy (non-hydrogen) atoms. The quantitative estimate of drug-likeness (QED) is 0.255. The van der Waals surface area contributed by atoms with E-state index in [1.807, 2.05) is 0 Å². The molecule has 2 bridgehead atoms. The van der Waals surface area contributed by atoms with Crippen molar-refractivity contribution in [2.75, 3.05) is 45.9 Å². The molecule has 4 fully saturated rings. The summed E-state index contributed by atoms with van der Waals surface area (Å²) in [6.07, 6.45) is 7.91. The number of amides is 1. The van der Waals surface area contributed by atoms with Crippen molar-refractivity contribution in [1.29, 1.82) is 0 Å². The Labute approximate surface area is 269 Å². The lowest BCUT2D eigenvalue weighted by atomic mass is 9.64. The normalized spacial score (nSPS) is 43.9. The van der Waals surface area contributed by atoms with Crippen molar-refractivity contribution in [3.8, 4) is 0 Å². The van der Waals surface area contributed by atoms with E-state index in [0.29, 0.717) is 56.4 Å². The highest BCUT2D eigenvalue weighted by Gasteiger charge is 2.52. The number of rotatable bonds is 8. The Balaban J connectivity index is 1.19. The van der Waals surface area contributed by atoms with Crippen LogP contribution < -0.4 is 21.7 Å². The van der Waals surface area contributed by atoms with E-state index in [1.165, 1.54) is 6.21 Å². The first-order valence-electron chi connectivity index (χ1n) is 17.7. The van der Waals surface area contributed by atoms with E-state index < -0.39 is 24.5 Å². The number of ether oxygens (including phenoxy) is 1. The van der Waals surface area contributed by atoms with Crippen LogP contribution in [0.2, 0.25) is 0 Å². The number of hydrogen-bond donors (Lipinski definition) is 5. The third-order valence-electron chi connectivity index (χ3n) is 12.5. The van der Waals surface area contributed by atoms with Crippen molar-refractivity contribution < 1.29 is 19.0 Å². The third kappa shape index (κ3) is 6.78. The SMILES string of the molecule is CCC1(C(C)C)CC2N=CC(F)CC1NC(N)C2C(=O)NC1CNC(C2C=CC(C)C2)CC1N1CCN(C(O)C2COC2)CC1. The van der Waals surface area contributed by atoms with Gasteiger partial charge in [-0.15, -0.1) is 0 Å². The number of nitrogens with one attached hydrogen (secondary N) is 3. The lowest BCUT2D eigenvalue weighted by Gasteiger charge is -2.49. The number of nitrogens with zero attached hydrogens (tertiary/aromatic N) is 3. The number of hydrogen-bond acceptors (Lipinski definition) is 9. The van der Waals surface area contributed by atoms with E-state index >= 15 is 4.39 Å². The van der Waals surface area contributed by atoms with Gasteiger partial charge < -0.3 is 26.2 Å². The summed E-state index contributed by atoms with van der Waals surface area (Å²) >= 11 is 0. The highest BCUT2D eigenvalue weighted by molar-refractivity contribution is 5.81. The van der Waals surface area contributed by atoms with Crippen LogP contribution in [0.3, 0.4) is 0 Å². The fraction of sp³-hybridized carbons (Fsp3) is 0.882. The van der Waals surface area contributed by atoms with Crippen molar-refractivity contribution in [3.05, 3.63) is 12.2 Å². The minimum Gasteiger partial charge on any atom is -0.380 e. The summed E-state index contributed by atoms with van der Waals surface area (Å²) in [5, 5.41) is 21.7. The Kier molecular flexibility index (Phi) is 10.4. The van der Waals surface area contributed by atoms with Crippen LogP contribution in [0, 0.1) is 35.0 Å². The second-order valence-electron chi connectivity index (χ2n) is 15.3. The zero-order valence-electron chi connectivity index (χ0n) is 27.8. The number of alkyl halides is 1. The first-order valence-corrected chi connectivity index (χ1v) is 17.7. The molecule has 4 saturated heterocycles. The first kappa shape index (κ1) is 33.4. The summed E-state index contributed by atoms with van der Waals surface area (Å²) < 4.78 is 20.4. The fourth-order valence-electron chi connectivity index (χ4n) is 9.47. The van der Waals surface area contributed by atoms with E-state index in [-0.39, 0.29) is 41.4 Å². The molecular weight excluding hydrogens is 573 g/mol. The Morgan fingerprint density at radius 2 is 1.96 bits per heavy atom. The van der Waals surface area contributed by atoms with Gasteiger partial charge in [-0.3, -0.25) is 24.9 Å². The summed E-state index contributed by atoms with van der Waals surface area (Å²) in [6.45, 7) is 14.1. The molecular formula is C34H58FN7O3. The first-order chi connectivity index (χ1) is 21.6. The van der Waals surface area contributed by atoms with Gasteiger partial charge in [0.2, 0.25) is 5.91 Å². The number of aliphatic imine (C=N–C) groups is 1. The van der Waals surface area contributed by atoms with Gasteiger partial charge >= 0.3 is 0 Å². The van der Waals surface area contributed by atoms with Crippen LogP contribution >= 0.6 is 0 Å². The number of nitrogens with two attached hydrogens (primary N) is 1. The average Bonchev–Trinajstić information content (AvgIpc) is 3.39. The van der Waals surface area contributed by atoms with Gasteiger partial charge in [-0.1, -0.05) is 39.8 Å². The molecule has 6 rings (SSSR count). The van der Waals surface area contributed by atoms with E-state index in [2.05, 4.69) is 65.6 Å². The smallest absolute Gasteiger partial charge is 0.228 e. The van der Waals surface area contributed by atoms with Gasteiger partial charge in [0.05, 0.1) is 37.4 Å². The second-order valence-corrected chi connectivity index (χ2v) is 15.3. The van der Waals surface area contributed by atoms with Crippen LogP contribution in [0.4, 0.5) is 4.39 Å². The summed E-state index contributed by atoms with van der Waals surface area (Å²) in [4.78, 5) is 23.8. The van der Waals surface area contributed by atoms with E-state index in [1.54, 1.807) is 0 Å². The Bertz CT molecular complexity index is 1080. The third-order valence-corrected chi connectivity index (χ3v) is 12.5. The van der Waals surface area contributed by atoms with Gasteiger partial charge in [0.1, 0.15) is 12.4 Å². The van der Waals surface area contributed by atoms with Crippen LogP contribution in [-0.4, -0.2) is 122 Å². The summed E-state index contributed by atoms with van der Waals surface area (Å²) in [5.41, 5.74) is 6.61. The standard InChI is InChI=1S/C34H58FN7O3/c1-5-34(20(2)3)15-26-30(31(36)40-29(34)13-24(35)16-37-26)32(43)39-27-17-38-25(22-7-6-21(4)12-22)14-28(27)41-8-10-42(11-9-41)33(44)23-18-45-19-23/h6-7,16,20-31,33,38,40,44H,5,8-15,17-19,36H2,1-4H3,(H,39,43). The fourth-order valence-corrected chi connectivity index (χ4v) is 9.47. The van der Waals surface area contributed by atoms with Gasteiger partial charge in [-0.25, -0.2) is 4.39 Å². The number of piperidine rings is 1. The number of carbonyl (C=O) groups is 1. The predicted molar refractivity (Wildman–Crippen MR) is 174 cm³/mol. The molecule has 0 saturated carbocycles. The van der Waals surface area contributed by atoms with Gasteiger partial charge in [-0.2, -0.15) is 0 Å². The highest BCUT2D eigenvalue weighted by Crippen LogP contribution is 2.46. The van der Waals surface area contributed by atoms with Crippen molar-refractivity contribution in [1.82, 2.24) is 25.8 Å². The van der Waals surface area contributed by atoms with Gasteiger partial charge in [-0.05, 0) is 55.3 Å². The van der Waals surface area contributed by atoms with Crippen molar-refractivity contribution >= 4 is 12.1 Å². The minimum atomic E-state index is -1.16. The van der Waals surface area contributed by atoms with E-state index in [4.69, 9.17) is 15.5 Å². The Morgan fingerprint density at radius 1 is 1.20 bits per heavy atom. The number of aliphatic hydroxyl groups excluding tert-OH is 1. The molecule has 6 N–H and O–H groups in total. The maximum Gasteiger partial charge on any atom is 0.228 e. The van der Waals surface area contributed by atoms with Crippen LogP contribution in [0.1, 0.15) is 59.8 Å². The topological polar surface area (TPSA) is 127 Å². The molecule has 1 aliphatic carbocycles. The molecule has 5 aliphatic heterocycles. The molecule has 6 aliphatic rings. The highest BCUT2D eigenvalue weighted by atomic mass is 19.1. The number of halogens is 1. The molecule has 0 spiro atoms. The summed E-state index contributed by atoms with van der Waals surface area (Å²) in [5.74, 6) is 0.891. The van der Waals surface area contributed by atoms with Crippen molar-refractivity contribution in [3.63, 3.8) is 0 Å². The van der Waals surface area contributed by atoms with Crippen LogP contribution in [0.15, 0.2) is 17.1 Å². The molecule has 0 radical (unpaired) electrons. The van der Waals surface area contributed by atoms with Crippen LogP contribution in [-0.2, 0) is 9.53 Å². The monoisotopic (exact) mass is 631 g/mol. The molecule has 10 nitrogen and oxygen atoms in total.